The minimum atomic E-state index is -2.68. The zero-order valence-corrected chi connectivity index (χ0v) is 11.1. The van der Waals surface area contributed by atoms with Crippen molar-refractivity contribution < 1.29 is 17.9 Å². The molecule has 15 heavy (non-hydrogen) atoms. The van der Waals surface area contributed by atoms with Gasteiger partial charge in [-0.2, -0.15) is 0 Å². The molecule has 0 aliphatic heterocycles. The van der Waals surface area contributed by atoms with Gasteiger partial charge in [0.25, 0.3) is 0 Å². The Hall–Kier alpha value is -0.130. The Labute approximate surface area is 93.9 Å². The second-order valence-corrected chi connectivity index (χ2v) is 5.44. The minimum Gasteiger partial charge on any atom is -0.382 e. The van der Waals surface area contributed by atoms with Crippen LogP contribution in [0.5, 0.6) is 0 Å². The largest absolute Gasteiger partial charge is 0.382 e. The molecule has 0 unspecified atom stereocenters. The van der Waals surface area contributed by atoms with E-state index in [1.807, 2.05) is 13.8 Å². The number of ether oxygens (including phenoxy) is 2. The molecule has 94 valence electrons. The van der Waals surface area contributed by atoms with Crippen molar-refractivity contribution in [3.63, 3.8) is 0 Å². The normalized spacial score (nSPS) is 10.7. The van der Waals surface area contributed by atoms with Crippen molar-refractivity contribution in [3.05, 3.63) is 0 Å². The molecule has 0 fully saturated rings. The molecule has 0 aromatic heterocycles. The molecule has 0 aliphatic carbocycles. The number of rotatable bonds is 7. The smallest absolute Gasteiger partial charge is 0.150 e. The first-order valence-corrected chi connectivity index (χ1v) is 7.04. The molecule has 0 aliphatic rings. The van der Waals surface area contributed by atoms with E-state index in [0.29, 0.717) is 24.7 Å². The lowest BCUT2D eigenvalue weighted by Gasteiger charge is -1.96. The number of hydrogen-bond acceptors (Lipinski definition) is 4. The van der Waals surface area contributed by atoms with Gasteiger partial charge >= 0.3 is 0 Å². The van der Waals surface area contributed by atoms with E-state index in [9.17, 15) is 8.42 Å². The zero-order valence-electron chi connectivity index (χ0n) is 10.3. The quantitative estimate of drug-likeness (QED) is 0.633. The number of hydrogen-bond donors (Lipinski definition) is 0. The molecule has 0 rings (SSSR count). The maximum Gasteiger partial charge on any atom is 0.150 e. The van der Waals surface area contributed by atoms with E-state index >= 15 is 0 Å². The standard InChI is InChI=1S/C6H14O2S.C4H10O2/c1-3-5-9(7,8)6-4-2;1-5-3-4-6-2/h3-6H2,1-2H3;3-4H2,1-2H3. The molecule has 0 saturated carbocycles. The van der Waals surface area contributed by atoms with Crippen molar-refractivity contribution in [2.45, 2.75) is 26.7 Å². The van der Waals surface area contributed by atoms with Crippen molar-refractivity contribution in [2.24, 2.45) is 0 Å². The van der Waals surface area contributed by atoms with Crippen molar-refractivity contribution in [1.29, 1.82) is 0 Å². The topological polar surface area (TPSA) is 52.6 Å². The maximum atomic E-state index is 10.8. The summed E-state index contributed by atoms with van der Waals surface area (Å²) in [4.78, 5) is 0. The third-order valence-corrected chi connectivity index (χ3v) is 3.58. The van der Waals surface area contributed by atoms with Crippen LogP contribution in [0.15, 0.2) is 0 Å². The van der Waals surface area contributed by atoms with Crippen molar-refractivity contribution >= 4 is 9.84 Å². The Kier molecular flexibility index (Phi) is 13.7. The molecule has 0 aromatic carbocycles. The second kappa shape index (κ2) is 11.9. The zero-order chi connectivity index (χ0) is 12.2. The van der Waals surface area contributed by atoms with Crippen LogP contribution in [0.1, 0.15) is 26.7 Å². The first kappa shape index (κ1) is 17.3. The summed E-state index contributed by atoms with van der Waals surface area (Å²) in [5, 5.41) is 0. The van der Waals surface area contributed by atoms with Crippen LogP contribution in [0.4, 0.5) is 0 Å². The summed E-state index contributed by atoms with van der Waals surface area (Å²) in [7, 11) is 0.622. The van der Waals surface area contributed by atoms with Gasteiger partial charge in [0.1, 0.15) is 9.84 Å². The lowest BCUT2D eigenvalue weighted by atomic mass is 10.6. The van der Waals surface area contributed by atoms with Gasteiger partial charge in [0.2, 0.25) is 0 Å². The fraction of sp³-hybridized carbons (Fsp3) is 1.00. The summed E-state index contributed by atoms with van der Waals surface area (Å²) in [6.07, 6.45) is 1.48. The Morgan fingerprint density at radius 1 is 0.867 bits per heavy atom. The Bertz CT molecular complexity index is 183. The molecule has 0 N–H and O–H groups in total. The molecular weight excluding hydrogens is 216 g/mol. The van der Waals surface area contributed by atoms with E-state index < -0.39 is 9.84 Å². The maximum absolute atomic E-state index is 10.8. The molecule has 0 aromatic rings. The monoisotopic (exact) mass is 240 g/mol. The molecule has 0 radical (unpaired) electrons. The summed E-state index contributed by atoms with van der Waals surface area (Å²) in [5.41, 5.74) is 0. The highest BCUT2D eigenvalue weighted by Crippen LogP contribution is 1.94. The van der Waals surface area contributed by atoms with E-state index in [4.69, 9.17) is 0 Å². The summed E-state index contributed by atoms with van der Waals surface area (Å²) < 4.78 is 31.0. The van der Waals surface area contributed by atoms with Gasteiger partial charge in [-0.1, -0.05) is 13.8 Å². The molecular formula is C10H24O4S. The van der Waals surface area contributed by atoms with Crippen LogP contribution < -0.4 is 0 Å². The molecule has 0 atom stereocenters. The van der Waals surface area contributed by atoms with Gasteiger partial charge in [-0.15, -0.1) is 0 Å². The van der Waals surface area contributed by atoms with Crippen LogP contribution in [-0.2, 0) is 19.3 Å². The molecule has 0 saturated heterocycles. The van der Waals surface area contributed by atoms with Crippen LogP contribution in [0.25, 0.3) is 0 Å². The van der Waals surface area contributed by atoms with E-state index in [2.05, 4.69) is 9.47 Å². The summed E-state index contributed by atoms with van der Waals surface area (Å²) in [6, 6.07) is 0. The van der Waals surface area contributed by atoms with E-state index in [-0.39, 0.29) is 0 Å². The van der Waals surface area contributed by atoms with Crippen LogP contribution in [0.2, 0.25) is 0 Å². The van der Waals surface area contributed by atoms with Crippen LogP contribution in [0.3, 0.4) is 0 Å². The summed E-state index contributed by atoms with van der Waals surface area (Å²) >= 11 is 0. The average molecular weight is 240 g/mol. The predicted octanol–water partition coefficient (Wildman–Crippen LogP) is 1.50. The Morgan fingerprint density at radius 2 is 1.20 bits per heavy atom. The summed E-state index contributed by atoms with van der Waals surface area (Å²) in [5.74, 6) is 0.696. The molecule has 0 heterocycles. The SMILES string of the molecule is CCCS(=O)(=O)CCC.COCCOC. The molecule has 4 nitrogen and oxygen atoms in total. The van der Waals surface area contributed by atoms with Gasteiger partial charge in [-0.3, -0.25) is 0 Å². The second-order valence-electron chi connectivity index (χ2n) is 3.14. The third-order valence-electron chi connectivity index (χ3n) is 1.52. The highest BCUT2D eigenvalue weighted by Gasteiger charge is 2.05. The number of sulfone groups is 1. The lowest BCUT2D eigenvalue weighted by molar-refractivity contribution is 0.103. The van der Waals surface area contributed by atoms with Crippen molar-refractivity contribution in [2.75, 3.05) is 38.9 Å². The Balaban J connectivity index is 0. The fourth-order valence-electron chi connectivity index (χ4n) is 0.891. The number of methoxy groups -OCH3 is 2. The van der Waals surface area contributed by atoms with Gasteiger partial charge in [0, 0.05) is 25.7 Å². The van der Waals surface area contributed by atoms with E-state index in [1.54, 1.807) is 14.2 Å². The average Bonchev–Trinajstić information content (AvgIpc) is 2.15. The molecule has 5 heteroatoms. The van der Waals surface area contributed by atoms with Gasteiger partial charge < -0.3 is 9.47 Å². The third kappa shape index (κ3) is 16.5. The highest BCUT2D eigenvalue weighted by atomic mass is 32.2. The van der Waals surface area contributed by atoms with Crippen molar-refractivity contribution in [1.82, 2.24) is 0 Å². The van der Waals surface area contributed by atoms with E-state index in [0.717, 1.165) is 12.8 Å². The molecule has 0 bridgehead atoms. The first-order valence-electron chi connectivity index (χ1n) is 5.22. The van der Waals surface area contributed by atoms with Gasteiger partial charge in [-0.25, -0.2) is 8.42 Å². The van der Waals surface area contributed by atoms with Crippen LogP contribution >= 0.6 is 0 Å². The first-order chi connectivity index (χ1) is 7.04. The van der Waals surface area contributed by atoms with E-state index in [1.165, 1.54) is 0 Å². The van der Waals surface area contributed by atoms with Gasteiger partial charge in [0.15, 0.2) is 0 Å². The fourth-order valence-corrected chi connectivity index (χ4v) is 2.34. The van der Waals surface area contributed by atoms with Crippen molar-refractivity contribution in [3.8, 4) is 0 Å². The molecule has 0 amide bonds. The molecule has 0 spiro atoms. The highest BCUT2D eigenvalue weighted by molar-refractivity contribution is 7.91. The van der Waals surface area contributed by atoms with Crippen LogP contribution in [-0.4, -0.2) is 47.4 Å². The van der Waals surface area contributed by atoms with Crippen LogP contribution in [0, 0.1) is 0 Å². The summed E-state index contributed by atoms with van der Waals surface area (Å²) in [6.45, 7) is 5.15. The Morgan fingerprint density at radius 3 is 1.40 bits per heavy atom. The van der Waals surface area contributed by atoms with Gasteiger partial charge in [0.05, 0.1) is 13.2 Å². The minimum absolute atomic E-state index is 0.348. The predicted molar refractivity (Wildman–Crippen MR) is 63.0 cm³/mol. The van der Waals surface area contributed by atoms with Gasteiger partial charge in [-0.05, 0) is 12.8 Å². The lowest BCUT2D eigenvalue weighted by Crippen LogP contribution is -2.08.